The summed E-state index contributed by atoms with van der Waals surface area (Å²) >= 11 is 0. The van der Waals surface area contributed by atoms with E-state index in [1.54, 1.807) is 0 Å². The van der Waals surface area contributed by atoms with Crippen LogP contribution < -0.4 is 0 Å². The maximum atomic E-state index is 12.9. The van der Waals surface area contributed by atoms with Gasteiger partial charge in [-0.25, -0.2) is 4.79 Å². The molecule has 3 nitrogen and oxygen atoms in total. The Kier molecular flexibility index (Phi) is 4.37. The van der Waals surface area contributed by atoms with E-state index in [9.17, 15) is 4.79 Å². The average molecular weight is 308 g/mol. The molecular formula is C20H24N2O. The SMILES string of the molecule is CC1(C)CN(Cc2ccccc2)C(=O)N(Cc2ccccc2)C1. The van der Waals surface area contributed by atoms with Crippen molar-refractivity contribution < 1.29 is 4.79 Å². The molecule has 0 aliphatic carbocycles. The summed E-state index contributed by atoms with van der Waals surface area (Å²) in [5, 5.41) is 0. The first-order valence-electron chi connectivity index (χ1n) is 8.15. The average Bonchev–Trinajstić information content (AvgIpc) is 2.53. The predicted octanol–water partition coefficient (Wildman–Crippen LogP) is 4.15. The van der Waals surface area contributed by atoms with E-state index in [2.05, 4.69) is 38.1 Å². The van der Waals surface area contributed by atoms with Crippen molar-refractivity contribution in [1.29, 1.82) is 0 Å². The Balaban J connectivity index is 1.76. The minimum absolute atomic E-state index is 0.0947. The van der Waals surface area contributed by atoms with Gasteiger partial charge in [0, 0.05) is 31.6 Å². The van der Waals surface area contributed by atoms with Crippen LogP contribution >= 0.6 is 0 Å². The van der Waals surface area contributed by atoms with E-state index in [4.69, 9.17) is 0 Å². The van der Waals surface area contributed by atoms with Crippen LogP contribution in [0.3, 0.4) is 0 Å². The van der Waals surface area contributed by atoms with Crippen molar-refractivity contribution in [3.05, 3.63) is 71.8 Å². The first kappa shape index (κ1) is 15.6. The standard InChI is InChI=1S/C20H24N2O/c1-20(2)15-21(13-17-9-5-3-6-10-17)19(23)22(16-20)14-18-11-7-4-8-12-18/h3-12H,13-16H2,1-2H3. The van der Waals surface area contributed by atoms with E-state index in [-0.39, 0.29) is 11.4 Å². The van der Waals surface area contributed by atoms with Gasteiger partial charge in [-0.05, 0) is 11.1 Å². The van der Waals surface area contributed by atoms with Gasteiger partial charge in [0.1, 0.15) is 0 Å². The topological polar surface area (TPSA) is 23.6 Å². The van der Waals surface area contributed by atoms with Gasteiger partial charge in [-0.3, -0.25) is 0 Å². The number of carbonyl (C=O) groups excluding carboxylic acids is 1. The van der Waals surface area contributed by atoms with Gasteiger partial charge >= 0.3 is 6.03 Å². The molecule has 0 unspecified atom stereocenters. The Hall–Kier alpha value is -2.29. The number of hydrogen-bond donors (Lipinski definition) is 0. The lowest BCUT2D eigenvalue weighted by atomic mass is 9.89. The third-order valence-electron chi connectivity index (χ3n) is 4.21. The summed E-state index contributed by atoms with van der Waals surface area (Å²) in [4.78, 5) is 16.8. The molecule has 0 atom stereocenters. The normalized spacial score (nSPS) is 17.4. The van der Waals surface area contributed by atoms with E-state index in [0.29, 0.717) is 13.1 Å². The molecule has 0 aromatic heterocycles. The fourth-order valence-electron chi connectivity index (χ4n) is 3.27. The molecular weight excluding hydrogens is 284 g/mol. The summed E-state index contributed by atoms with van der Waals surface area (Å²) in [5.74, 6) is 0. The van der Waals surface area contributed by atoms with E-state index >= 15 is 0 Å². The second-order valence-corrected chi connectivity index (χ2v) is 7.13. The fraction of sp³-hybridized carbons (Fsp3) is 0.350. The van der Waals surface area contributed by atoms with Crippen LogP contribution in [0.5, 0.6) is 0 Å². The van der Waals surface area contributed by atoms with Crippen LogP contribution in [0.15, 0.2) is 60.7 Å². The van der Waals surface area contributed by atoms with Crippen LogP contribution in [0.25, 0.3) is 0 Å². The summed E-state index contributed by atoms with van der Waals surface area (Å²) < 4.78 is 0. The van der Waals surface area contributed by atoms with Crippen LogP contribution in [0.4, 0.5) is 4.79 Å². The first-order chi connectivity index (χ1) is 11.0. The van der Waals surface area contributed by atoms with Gasteiger partial charge in [0.15, 0.2) is 0 Å². The molecule has 1 aliphatic heterocycles. The predicted molar refractivity (Wildman–Crippen MR) is 92.9 cm³/mol. The molecule has 1 aliphatic rings. The molecule has 1 saturated heterocycles. The highest BCUT2D eigenvalue weighted by molar-refractivity contribution is 5.75. The maximum absolute atomic E-state index is 12.9. The Morgan fingerprint density at radius 2 is 1.17 bits per heavy atom. The molecule has 0 saturated carbocycles. The highest BCUT2D eigenvalue weighted by Gasteiger charge is 2.36. The zero-order valence-corrected chi connectivity index (χ0v) is 13.9. The number of hydrogen-bond acceptors (Lipinski definition) is 1. The molecule has 120 valence electrons. The molecule has 23 heavy (non-hydrogen) atoms. The minimum Gasteiger partial charge on any atom is -0.320 e. The number of urea groups is 1. The molecule has 0 spiro atoms. The molecule has 2 aromatic carbocycles. The molecule has 1 fully saturated rings. The quantitative estimate of drug-likeness (QED) is 0.832. The lowest BCUT2D eigenvalue weighted by molar-refractivity contribution is 0.0632. The van der Waals surface area contributed by atoms with Crippen LogP contribution in [0.2, 0.25) is 0 Å². The smallest absolute Gasteiger partial charge is 0.320 e. The Bertz CT molecular complexity index is 596. The van der Waals surface area contributed by atoms with Gasteiger partial charge in [-0.2, -0.15) is 0 Å². The summed E-state index contributed by atoms with van der Waals surface area (Å²) in [6, 6.07) is 20.6. The van der Waals surface area contributed by atoms with Crippen LogP contribution in [-0.4, -0.2) is 28.9 Å². The van der Waals surface area contributed by atoms with Crippen molar-refractivity contribution in [2.75, 3.05) is 13.1 Å². The van der Waals surface area contributed by atoms with Crippen molar-refractivity contribution in [2.24, 2.45) is 5.41 Å². The number of rotatable bonds is 4. The minimum atomic E-state index is 0.0947. The molecule has 3 rings (SSSR count). The summed E-state index contributed by atoms with van der Waals surface area (Å²) in [5.41, 5.74) is 2.45. The third kappa shape index (κ3) is 3.92. The van der Waals surface area contributed by atoms with Crippen molar-refractivity contribution in [1.82, 2.24) is 9.80 Å². The zero-order chi connectivity index (χ0) is 16.3. The lowest BCUT2D eigenvalue weighted by Crippen LogP contribution is -2.55. The Labute approximate surface area is 138 Å². The second kappa shape index (κ2) is 6.45. The molecule has 2 aromatic rings. The van der Waals surface area contributed by atoms with Crippen molar-refractivity contribution in [3.63, 3.8) is 0 Å². The monoisotopic (exact) mass is 308 g/mol. The van der Waals surface area contributed by atoms with Gasteiger partial charge in [0.05, 0.1) is 0 Å². The highest BCUT2D eigenvalue weighted by Crippen LogP contribution is 2.27. The molecule has 0 N–H and O–H groups in total. The van der Waals surface area contributed by atoms with Crippen molar-refractivity contribution in [2.45, 2.75) is 26.9 Å². The number of amides is 2. The Morgan fingerprint density at radius 1 is 0.783 bits per heavy atom. The largest absolute Gasteiger partial charge is 0.320 e. The van der Waals surface area contributed by atoms with Gasteiger partial charge in [0.2, 0.25) is 0 Å². The van der Waals surface area contributed by atoms with Crippen LogP contribution in [-0.2, 0) is 13.1 Å². The van der Waals surface area contributed by atoms with Crippen molar-refractivity contribution in [3.8, 4) is 0 Å². The highest BCUT2D eigenvalue weighted by atomic mass is 16.2. The maximum Gasteiger partial charge on any atom is 0.320 e. The molecule has 3 heteroatoms. The lowest BCUT2D eigenvalue weighted by Gasteiger charge is -2.44. The van der Waals surface area contributed by atoms with E-state index in [1.165, 1.54) is 11.1 Å². The second-order valence-electron chi connectivity index (χ2n) is 7.13. The zero-order valence-electron chi connectivity index (χ0n) is 13.9. The summed E-state index contributed by atoms with van der Waals surface area (Å²) in [6.07, 6.45) is 0. The van der Waals surface area contributed by atoms with E-state index in [1.807, 2.05) is 46.2 Å². The fourth-order valence-corrected chi connectivity index (χ4v) is 3.27. The Morgan fingerprint density at radius 3 is 1.57 bits per heavy atom. The van der Waals surface area contributed by atoms with Gasteiger partial charge in [-0.15, -0.1) is 0 Å². The molecule has 0 radical (unpaired) electrons. The summed E-state index contributed by atoms with van der Waals surface area (Å²) in [6.45, 7) is 7.41. The van der Waals surface area contributed by atoms with Crippen LogP contribution in [0, 0.1) is 5.41 Å². The van der Waals surface area contributed by atoms with Gasteiger partial charge in [0.25, 0.3) is 0 Å². The molecule has 2 amide bonds. The molecule has 0 bridgehead atoms. The van der Waals surface area contributed by atoms with Crippen molar-refractivity contribution >= 4 is 6.03 Å². The number of carbonyl (C=O) groups is 1. The third-order valence-corrected chi connectivity index (χ3v) is 4.21. The molecule has 1 heterocycles. The van der Waals surface area contributed by atoms with Crippen LogP contribution in [0.1, 0.15) is 25.0 Å². The van der Waals surface area contributed by atoms with Gasteiger partial charge in [-0.1, -0.05) is 74.5 Å². The summed E-state index contributed by atoms with van der Waals surface area (Å²) in [7, 11) is 0. The van der Waals surface area contributed by atoms with E-state index < -0.39 is 0 Å². The van der Waals surface area contributed by atoms with Gasteiger partial charge < -0.3 is 9.80 Å². The first-order valence-corrected chi connectivity index (χ1v) is 8.15. The van der Waals surface area contributed by atoms with E-state index in [0.717, 1.165) is 13.1 Å². The number of nitrogens with zero attached hydrogens (tertiary/aromatic N) is 2. The number of benzene rings is 2.